The van der Waals surface area contributed by atoms with Gasteiger partial charge in [-0.05, 0) is 66.9 Å². The fraction of sp³-hybridized carbons (Fsp3) is 0.125. The average molecular weight is 570 g/mol. The first-order valence-electron chi connectivity index (χ1n) is 12.7. The van der Waals surface area contributed by atoms with E-state index in [0.717, 1.165) is 11.1 Å². The fourth-order valence-electron chi connectivity index (χ4n) is 4.47. The summed E-state index contributed by atoms with van der Waals surface area (Å²) in [6.45, 7) is 3.52. The Morgan fingerprint density at radius 2 is 1.56 bits per heavy atom. The van der Waals surface area contributed by atoms with Crippen LogP contribution in [0.25, 0.3) is 22.1 Å². The number of fused-ring (bicyclic) bond motifs is 1. The number of sulfonamides is 1. The zero-order chi connectivity index (χ0) is 29.1. The van der Waals surface area contributed by atoms with Crippen LogP contribution >= 0.6 is 0 Å². The zero-order valence-electron chi connectivity index (χ0n) is 22.6. The van der Waals surface area contributed by atoms with E-state index in [1.54, 1.807) is 80.8 Å². The lowest BCUT2D eigenvalue weighted by Gasteiger charge is -2.19. The number of aryl methyl sites for hydroxylation is 2. The number of ether oxygens (including phenoxy) is 2. The maximum atomic E-state index is 13.5. The molecule has 0 radical (unpaired) electrons. The monoisotopic (exact) mass is 569 g/mol. The maximum Gasteiger partial charge on any atom is 0.336 e. The van der Waals surface area contributed by atoms with E-state index in [1.807, 2.05) is 19.1 Å². The van der Waals surface area contributed by atoms with Crippen molar-refractivity contribution < 1.29 is 27.1 Å². The third kappa shape index (κ3) is 5.91. The first-order chi connectivity index (χ1) is 19.7. The molecule has 0 amide bonds. The van der Waals surface area contributed by atoms with Gasteiger partial charge in [-0.25, -0.2) is 18.0 Å². The van der Waals surface area contributed by atoms with Crippen molar-refractivity contribution in [3.63, 3.8) is 0 Å². The van der Waals surface area contributed by atoms with Crippen LogP contribution in [0.15, 0.2) is 111 Å². The van der Waals surface area contributed by atoms with E-state index in [0.29, 0.717) is 27.8 Å². The second-order valence-electron chi connectivity index (χ2n) is 9.47. The van der Waals surface area contributed by atoms with Gasteiger partial charge in [-0.1, -0.05) is 60.2 Å². The number of hydrogen-bond donors (Lipinski definition) is 1. The van der Waals surface area contributed by atoms with Crippen molar-refractivity contribution in [1.29, 1.82) is 0 Å². The number of methoxy groups -OCH3 is 1. The van der Waals surface area contributed by atoms with Crippen molar-refractivity contribution in [2.75, 3.05) is 7.11 Å². The Morgan fingerprint density at radius 1 is 0.878 bits per heavy atom. The van der Waals surface area contributed by atoms with Gasteiger partial charge in [0.05, 0.1) is 12.0 Å². The highest BCUT2D eigenvalue weighted by Gasteiger charge is 2.29. The Kier molecular flexibility index (Phi) is 7.74. The maximum absolute atomic E-state index is 13.5. The van der Waals surface area contributed by atoms with Crippen LogP contribution in [0.5, 0.6) is 11.5 Å². The molecule has 5 rings (SSSR count). The van der Waals surface area contributed by atoms with E-state index in [1.165, 1.54) is 18.2 Å². The van der Waals surface area contributed by atoms with E-state index in [4.69, 9.17) is 13.9 Å². The molecule has 0 spiro atoms. The summed E-state index contributed by atoms with van der Waals surface area (Å²) < 4.78 is 45.4. The topological polar surface area (TPSA) is 112 Å². The lowest BCUT2D eigenvalue weighted by molar-refractivity contribution is -0.136. The van der Waals surface area contributed by atoms with Crippen LogP contribution in [-0.2, 0) is 14.8 Å². The minimum Gasteiger partial charge on any atom is -0.497 e. The summed E-state index contributed by atoms with van der Waals surface area (Å²) in [6, 6.07) is 25.3. The molecule has 0 aliphatic carbocycles. The number of esters is 1. The number of rotatable bonds is 8. The van der Waals surface area contributed by atoms with Gasteiger partial charge >= 0.3 is 11.6 Å². The molecule has 0 aliphatic rings. The molecular formula is C32H27NO7S. The fourth-order valence-corrected chi connectivity index (χ4v) is 5.64. The predicted molar refractivity (Wildman–Crippen MR) is 156 cm³/mol. The summed E-state index contributed by atoms with van der Waals surface area (Å²) in [7, 11) is -2.50. The Morgan fingerprint density at radius 3 is 2.22 bits per heavy atom. The molecule has 41 heavy (non-hydrogen) atoms. The third-order valence-electron chi connectivity index (χ3n) is 6.70. The molecule has 208 valence electrons. The molecule has 1 atom stereocenters. The predicted octanol–water partition coefficient (Wildman–Crippen LogP) is 5.71. The Balaban J connectivity index is 1.51. The summed E-state index contributed by atoms with van der Waals surface area (Å²) in [4.78, 5) is 26.1. The molecule has 4 aromatic carbocycles. The Labute approximate surface area is 237 Å². The molecule has 9 heteroatoms. The SMILES string of the molecule is COc1ccc(-c2cc(=O)oc3c(C)c(OC(=O)[C@H](NS(=O)(=O)c4ccc(C)cc4)c4ccccc4)ccc23)cc1. The van der Waals surface area contributed by atoms with Gasteiger partial charge in [-0.3, -0.25) is 0 Å². The van der Waals surface area contributed by atoms with Crippen LogP contribution in [0.1, 0.15) is 22.7 Å². The number of nitrogens with one attached hydrogen (secondary N) is 1. The summed E-state index contributed by atoms with van der Waals surface area (Å²) in [5.74, 6) is -0.0339. The lowest BCUT2D eigenvalue weighted by atomic mass is 10.00. The Hall–Kier alpha value is -4.73. The smallest absolute Gasteiger partial charge is 0.336 e. The van der Waals surface area contributed by atoms with E-state index >= 15 is 0 Å². The minimum absolute atomic E-state index is 0.0200. The first kappa shape index (κ1) is 27.8. The molecule has 0 saturated carbocycles. The van der Waals surface area contributed by atoms with Crippen molar-refractivity contribution in [2.24, 2.45) is 0 Å². The first-order valence-corrected chi connectivity index (χ1v) is 14.2. The van der Waals surface area contributed by atoms with Crippen LogP contribution in [0, 0.1) is 13.8 Å². The van der Waals surface area contributed by atoms with E-state index in [2.05, 4.69) is 4.72 Å². The van der Waals surface area contributed by atoms with Crippen molar-refractivity contribution >= 4 is 27.0 Å². The molecule has 0 saturated heterocycles. The molecule has 8 nitrogen and oxygen atoms in total. The van der Waals surface area contributed by atoms with E-state index in [9.17, 15) is 18.0 Å². The van der Waals surface area contributed by atoms with Crippen LogP contribution < -0.4 is 19.8 Å². The van der Waals surface area contributed by atoms with Crippen LogP contribution in [-0.4, -0.2) is 21.5 Å². The largest absolute Gasteiger partial charge is 0.497 e. The third-order valence-corrected chi connectivity index (χ3v) is 8.13. The van der Waals surface area contributed by atoms with Gasteiger partial charge in [0.25, 0.3) is 0 Å². The van der Waals surface area contributed by atoms with Gasteiger partial charge in [0.15, 0.2) is 0 Å². The summed E-state index contributed by atoms with van der Waals surface area (Å²) in [5, 5.41) is 0.645. The highest BCUT2D eigenvalue weighted by atomic mass is 32.2. The van der Waals surface area contributed by atoms with Gasteiger partial charge in [-0.15, -0.1) is 0 Å². The van der Waals surface area contributed by atoms with Crippen LogP contribution in [0.4, 0.5) is 0 Å². The van der Waals surface area contributed by atoms with Gasteiger partial charge < -0.3 is 13.9 Å². The van der Waals surface area contributed by atoms with Crippen molar-refractivity contribution in [1.82, 2.24) is 4.72 Å². The molecule has 1 aromatic heterocycles. The van der Waals surface area contributed by atoms with Gasteiger partial charge in [0, 0.05) is 17.0 Å². The molecule has 5 aromatic rings. The van der Waals surface area contributed by atoms with Crippen molar-refractivity contribution in [2.45, 2.75) is 24.8 Å². The number of carbonyl (C=O) groups is 1. The Bertz CT molecular complexity index is 1880. The number of hydrogen-bond acceptors (Lipinski definition) is 7. The molecule has 0 aliphatic heterocycles. The summed E-state index contributed by atoms with van der Waals surface area (Å²) >= 11 is 0. The van der Waals surface area contributed by atoms with E-state index < -0.39 is 27.7 Å². The van der Waals surface area contributed by atoms with Crippen molar-refractivity contribution in [3.05, 3.63) is 124 Å². The minimum atomic E-state index is -4.07. The number of benzene rings is 4. The molecule has 0 fully saturated rings. The highest BCUT2D eigenvalue weighted by Crippen LogP contribution is 2.34. The van der Waals surface area contributed by atoms with Gasteiger partial charge in [0.2, 0.25) is 10.0 Å². The van der Waals surface area contributed by atoms with Crippen LogP contribution in [0.3, 0.4) is 0 Å². The quantitative estimate of drug-likeness (QED) is 0.145. The molecule has 1 heterocycles. The van der Waals surface area contributed by atoms with E-state index in [-0.39, 0.29) is 16.2 Å². The molecule has 0 bridgehead atoms. The van der Waals surface area contributed by atoms with Gasteiger partial charge in [-0.2, -0.15) is 4.72 Å². The number of carbonyl (C=O) groups excluding carboxylic acids is 1. The normalized spacial score (nSPS) is 12.2. The summed E-state index contributed by atoms with van der Waals surface area (Å²) in [6.07, 6.45) is 0. The highest BCUT2D eigenvalue weighted by molar-refractivity contribution is 7.89. The lowest BCUT2D eigenvalue weighted by Crippen LogP contribution is -2.36. The van der Waals surface area contributed by atoms with Crippen molar-refractivity contribution in [3.8, 4) is 22.6 Å². The zero-order valence-corrected chi connectivity index (χ0v) is 23.4. The molecule has 1 N–H and O–H groups in total. The standard InChI is InChI=1S/C32H27NO7S/c1-20-9-15-25(16-10-20)41(36,37)33-30(23-7-5-4-6-8-23)32(35)39-28-18-17-26-27(19-29(34)40-31(26)21(28)2)22-11-13-24(38-3)14-12-22/h4-19,30,33H,1-3H3/t30-/m1/s1. The van der Waals surface area contributed by atoms with Gasteiger partial charge in [0.1, 0.15) is 23.1 Å². The summed E-state index contributed by atoms with van der Waals surface area (Å²) in [5.41, 5.74) is 2.83. The average Bonchev–Trinajstić information content (AvgIpc) is 2.98. The molecule has 0 unspecified atom stereocenters. The molecular weight excluding hydrogens is 542 g/mol. The second kappa shape index (κ2) is 11.4. The second-order valence-corrected chi connectivity index (χ2v) is 11.2. The van der Waals surface area contributed by atoms with Crippen LogP contribution in [0.2, 0.25) is 0 Å².